The molecule has 0 bridgehead atoms. The van der Waals surface area contributed by atoms with Gasteiger partial charge in [0, 0.05) is 16.6 Å². The number of rotatable bonds is 7. The van der Waals surface area contributed by atoms with Crippen molar-refractivity contribution in [3.8, 4) is 0 Å². The van der Waals surface area contributed by atoms with Crippen LogP contribution < -0.4 is 10.6 Å². The van der Waals surface area contributed by atoms with E-state index in [1.807, 2.05) is 26.0 Å². The molecule has 0 unspecified atom stereocenters. The molecule has 0 aliphatic heterocycles. The van der Waals surface area contributed by atoms with Gasteiger partial charge in [-0.05, 0) is 49.2 Å². The number of benzene rings is 2. The van der Waals surface area contributed by atoms with Crippen LogP contribution in [0.25, 0.3) is 0 Å². The van der Waals surface area contributed by atoms with Gasteiger partial charge in [-0.3, -0.25) is 14.4 Å². The van der Waals surface area contributed by atoms with Crippen molar-refractivity contribution >= 4 is 68.3 Å². The zero-order valence-electron chi connectivity index (χ0n) is 15.8. The zero-order valence-corrected chi connectivity index (χ0v) is 18.9. The first-order valence-electron chi connectivity index (χ1n) is 8.63. The molecule has 2 amide bonds. The van der Waals surface area contributed by atoms with E-state index in [1.54, 1.807) is 18.2 Å². The number of carbonyl (C=O) groups is 3. The topological polar surface area (TPSA) is 84.5 Å². The van der Waals surface area contributed by atoms with Gasteiger partial charge in [0.15, 0.2) is 6.61 Å². The molecule has 0 aliphatic rings. The highest BCUT2D eigenvalue weighted by molar-refractivity contribution is 9.10. The number of hydrogen-bond acceptors (Lipinski definition) is 4. The van der Waals surface area contributed by atoms with E-state index in [0.717, 1.165) is 15.6 Å². The molecule has 0 heterocycles. The average molecular weight is 502 g/mol. The molecular weight excluding hydrogens is 483 g/mol. The minimum Gasteiger partial charge on any atom is -0.456 e. The molecule has 0 radical (unpaired) electrons. The molecule has 2 aromatic rings. The molecule has 0 saturated carbocycles. The van der Waals surface area contributed by atoms with E-state index in [0.29, 0.717) is 16.4 Å². The van der Waals surface area contributed by atoms with Crippen molar-refractivity contribution in [3.63, 3.8) is 0 Å². The second-order valence-corrected chi connectivity index (χ2v) is 7.86. The summed E-state index contributed by atoms with van der Waals surface area (Å²) >= 11 is 15.3. The van der Waals surface area contributed by atoms with Gasteiger partial charge in [0.2, 0.25) is 5.91 Å². The monoisotopic (exact) mass is 500 g/mol. The summed E-state index contributed by atoms with van der Waals surface area (Å²) in [6, 6.07) is 8.45. The first kappa shape index (κ1) is 23.2. The standard InChI is InChI=1S/C20H19BrCl2N2O4/c1-11-8-13(9-12(2)19(11)21)24-17(27)10-29-18(28)7-6-16(26)25-15-5-3-4-14(22)20(15)23/h3-5,8-9H,6-7,10H2,1-2H3,(H,24,27)(H,25,26). The molecule has 0 aromatic heterocycles. The Morgan fingerprint density at radius 2 is 1.66 bits per heavy atom. The predicted octanol–water partition coefficient (Wildman–Crippen LogP) is 5.27. The number of anilines is 2. The Hall–Kier alpha value is -2.09. The summed E-state index contributed by atoms with van der Waals surface area (Å²) < 4.78 is 5.89. The molecule has 6 nitrogen and oxygen atoms in total. The number of carbonyl (C=O) groups excluding carboxylic acids is 3. The Morgan fingerprint density at radius 3 is 2.31 bits per heavy atom. The average Bonchev–Trinajstić information content (AvgIpc) is 2.66. The third-order valence-electron chi connectivity index (χ3n) is 3.87. The lowest BCUT2D eigenvalue weighted by atomic mass is 10.1. The number of esters is 1. The Bertz CT molecular complexity index is 927. The molecule has 2 aromatic carbocycles. The van der Waals surface area contributed by atoms with Crippen molar-refractivity contribution in [2.24, 2.45) is 0 Å². The number of amides is 2. The lowest BCUT2D eigenvalue weighted by Gasteiger charge is -2.10. The van der Waals surface area contributed by atoms with Gasteiger partial charge in [-0.25, -0.2) is 0 Å². The van der Waals surface area contributed by atoms with Gasteiger partial charge in [-0.1, -0.05) is 45.2 Å². The Morgan fingerprint density at radius 1 is 1.00 bits per heavy atom. The summed E-state index contributed by atoms with van der Waals surface area (Å²) in [4.78, 5) is 35.7. The van der Waals surface area contributed by atoms with Gasteiger partial charge in [0.05, 0.1) is 22.2 Å². The third kappa shape index (κ3) is 7.03. The lowest BCUT2D eigenvalue weighted by Crippen LogP contribution is -2.22. The SMILES string of the molecule is Cc1cc(NC(=O)COC(=O)CCC(=O)Nc2cccc(Cl)c2Cl)cc(C)c1Br. The second-order valence-electron chi connectivity index (χ2n) is 6.28. The fraction of sp³-hybridized carbons (Fsp3) is 0.250. The van der Waals surface area contributed by atoms with Crippen LogP contribution >= 0.6 is 39.1 Å². The molecule has 2 rings (SSSR count). The first-order valence-corrected chi connectivity index (χ1v) is 10.2. The van der Waals surface area contributed by atoms with Crippen molar-refractivity contribution < 1.29 is 19.1 Å². The van der Waals surface area contributed by atoms with Crippen LogP contribution in [0.4, 0.5) is 11.4 Å². The number of nitrogens with one attached hydrogen (secondary N) is 2. The number of halogens is 3. The van der Waals surface area contributed by atoms with E-state index in [9.17, 15) is 14.4 Å². The summed E-state index contributed by atoms with van der Waals surface area (Å²) in [5, 5.41) is 5.78. The second kappa shape index (κ2) is 10.6. The van der Waals surface area contributed by atoms with Crippen LogP contribution in [0.2, 0.25) is 10.0 Å². The Balaban J connectivity index is 1.76. The van der Waals surface area contributed by atoms with Crippen molar-refractivity contribution in [1.29, 1.82) is 0 Å². The fourth-order valence-corrected chi connectivity index (χ4v) is 3.04. The van der Waals surface area contributed by atoms with E-state index in [4.69, 9.17) is 27.9 Å². The van der Waals surface area contributed by atoms with Crippen LogP contribution in [0.3, 0.4) is 0 Å². The smallest absolute Gasteiger partial charge is 0.306 e. The van der Waals surface area contributed by atoms with Gasteiger partial charge in [-0.2, -0.15) is 0 Å². The third-order valence-corrected chi connectivity index (χ3v) is 5.94. The highest BCUT2D eigenvalue weighted by atomic mass is 79.9. The van der Waals surface area contributed by atoms with Crippen LogP contribution in [0.1, 0.15) is 24.0 Å². The van der Waals surface area contributed by atoms with Crippen molar-refractivity contribution in [1.82, 2.24) is 0 Å². The maximum absolute atomic E-state index is 12.0. The maximum atomic E-state index is 12.0. The summed E-state index contributed by atoms with van der Waals surface area (Å²) in [6.07, 6.45) is -0.289. The van der Waals surface area contributed by atoms with Gasteiger partial charge in [-0.15, -0.1) is 0 Å². The molecule has 0 aliphatic carbocycles. The minimum absolute atomic E-state index is 0.117. The minimum atomic E-state index is -0.657. The summed E-state index contributed by atoms with van der Waals surface area (Å²) in [7, 11) is 0. The van der Waals surface area contributed by atoms with Crippen LogP contribution in [-0.4, -0.2) is 24.4 Å². The highest BCUT2D eigenvalue weighted by Crippen LogP contribution is 2.29. The van der Waals surface area contributed by atoms with Crippen LogP contribution in [0.5, 0.6) is 0 Å². The van der Waals surface area contributed by atoms with Crippen LogP contribution in [0, 0.1) is 13.8 Å². The van der Waals surface area contributed by atoms with E-state index >= 15 is 0 Å². The van der Waals surface area contributed by atoms with Crippen molar-refractivity contribution in [2.45, 2.75) is 26.7 Å². The van der Waals surface area contributed by atoms with E-state index in [-0.39, 0.29) is 17.9 Å². The number of aryl methyl sites for hydroxylation is 2. The van der Waals surface area contributed by atoms with Crippen LogP contribution in [-0.2, 0) is 19.1 Å². The molecule has 29 heavy (non-hydrogen) atoms. The highest BCUT2D eigenvalue weighted by Gasteiger charge is 2.13. The Kier molecular flexibility index (Phi) is 8.49. The van der Waals surface area contributed by atoms with Crippen molar-refractivity contribution in [2.75, 3.05) is 17.2 Å². The summed E-state index contributed by atoms with van der Waals surface area (Å²) in [6.45, 7) is 3.39. The molecule has 0 saturated heterocycles. The zero-order chi connectivity index (χ0) is 21.6. The van der Waals surface area contributed by atoms with E-state index < -0.39 is 24.4 Å². The normalized spacial score (nSPS) is 10.4. The number of ether oxygens (including phenoxy) is 1. The molecule has 2 N–H and O–H groups in total. The van der Waals surface area contributed by atoms with E-state index in [1.165, 1.54) is 0 Å². The summed E-state index contributed by atoms with van der Waals surface area (Å²) in [5.74, 6) is -1.54. The van der Waals surface area contributed by atoms with Gasteiger partial charge < -0.3 is 15.4 Å². The predicted molar refractivity (Wildman–Crippen MR) is 118 cm³/mol. The molecule has 9 heteroatoms. The van der Waals surface area contributed by atoms with E-state index in [2.05, 4.69) is 26.6 Å². The van der Waals surface area contributed by atoms with Gasteiger partial charge in [0.25, 0.3) is 5.91 Å². The summed E-state index contributed by atoms with van der Waals surface area (Å²) in [5.41, 5.74) is 2.92. The molecule has 0 atom stereocenters. The molecular formula is C20H19BrCl2N2O4. The van der Waals surface area contributed by atoms with Gasteiger partial charge in [0.1, 0.15) is 0 Å². The largest absolute Gasteiger partial charge is 0.456 e. The number of hydrogen-bond donors (Lipinski definition) is 2. The molecule has 154 valence electrons. The quantitative estimate of drug-likeness (QED) is 0.506. The maximum Gasteiger partial charge on any atom is 0.306 e. The van der Waals surface area contributed by atoms with Gasteiger partial charge >= 0.3 is 5.97 Å². The lowest BCUT2D eigenvalue weighted by molar-refractivity contribution is -0.147. The van der Waals surface area contributed by atoms with Crippen LogP contribution in [0.15, 0.2) is 34.8 Å². The fourth-order valence-electron chi connectivity index (χ4n) is 2.46. The Labute approximate surface area is 187 Å². The first-order chi connectivity index (χ1) is 13.7. The van der Waals surface area contributed by atoms with Crippen molar-refractivity contribution in [3.05, 3.63) is 56.0 Å². The molecule has 0 fully saturated rings. The molecule has 0 spiro atoms.